The minimum atomic E-state index is -0.483. The average molecular weight is 457 g/mol. The largest absolute Gasteiger partial charge is 0.492 e. The van der Waals surface area contributed by atoms with Crippen molar-refractivity contribution in [2.24, 2.45) is 0 Å². The lowest BCUT2D eigenvalue weighted by Crippen LogP contribution is -2.31. The van der Waals surface area contributed by atoms with Gasteiger partial charge in [-0.2, -0.15) is 0 Å². The first-order chi connectivity index (χ1) is 15.9. The third kappa shape index (κ3) is 5.53. The van der Waals surface area contributed by atoms with Crippen molar-refractivity contribution in [1.29, 1.82) is 0 Å². The number of carbonyl (C=O) groups is 1. The number of benzene rings is 1. The fourth-order valence-electron chi connectivity index (χ4n) is 3.80. The standard InChI is InChI=1S/C24H32N4O5/c1-5-7-13-28-22-20(23(30)26-24(28)31)27(12-6-2)18(25-22)15-33-19(29)11-14-32-21-16(3)9-8-10-17(21)4/h8-10H,5-7,11-15H2,1-4H3,(H,26,30,31). The Balaban J connectivity index is 1.74. The molecule has 0 aliphatic heterocycles. The highest BCUT2D eigenvalue weighted by molar-refractivity contribution is 5.72. The number of nitrogens with one attached hydrogen (secondary N) is 1. The highest BCUT2D eigenvalue weighted by atomic mass is 16.5. The molecule has 0 bridgehead atoms. The zero-order valence-electron chi connectivity index (χ0n) is 19.8. The zero-order valence-corrected chi connectivity index (χ0v) is 19.8. The predicted molar refractivity (Wildman–Crippen MR) is 126 cm³/mol. The Morgan fingerprint density at radius 1 is 1.06 bits per heavy atom. The van der Waals surface area contributed by atoms with Gasteiger partial charge in [-0.25, -0.2) is 9.78 Å². The molecule has 0 aliphatic carbocycles. The van der Waals surface area contributed by atoms with Crippen molar-refractivity contribution < 1.29 is 14.3 Å². The van der Waals surface area contributed by atoms with Gasteiger partial charge in [0.1, 0.15) is 18.2 Å². The van der Waals surface area contributed by atoms with E-state index in [1.807, 2.05) is 45.9 Å². The Kier molecular flexibility index (Phi) is 8.08. The maximum atomic E-state index is 12.5. The van der Waals surface area contributed by atoms with Crippen molar-refractivity contribution >= 4 is 17.1 Å². The number of nitrogens with zero attached hydrogens (tertiary/aromatic N) is 3. The minimum absolute atomic E-state index is 0.0850. The molecule has 3 aromatic rings. The SMILES string of the molecule is CCCCn1c(=O)[nH]c(=O)c2c1nc(COC(=O)CCOc1c(C)cccc1C)n2CCC. The average Bonchev–Trinajstić information content (AvgIpc) is 3.13. The Labute approximate surface area is 192 Å². The third-order valence-corrected chi connectivity index (χ3v) is 5.47. The van der Waals surface area contributed by atoms with Crippen LogP contribution in [0.3, 0.4) is 0 Å². The summed E-state index contributed by atoms with van der Waals surface area (Å²) in [6.07, 6.45) is 2.52. The molecule has 9 heteroatoms. The quantitative estimate of drug-likeness (QED) is 0.444. The number of aromatic nitrogens is 4. The van der Waals surface area contributed by atoms with Crippen molar-refractivity contribution in [3.63, 3.8) is 0 Å². The molecule has 2 heterocycles. The fourth-order valence-corrected chi connectivity index (χ4v) is 3.80. The molecule has 0 amide bonds. The molecule has 0 atom stereocenters. The van der Waals surface area contributed by atoms with Gasteiger partial charge in [0, 0.05) is 13.1 Å². The number of unbranched alkanes of at least 4 members (excludes halogenated alkanes) is 1. The van der Waals surface area contributed by atoms with Crippen molar-refractivity contribution in [2.75, 3.05) is 6.61 Å². The number of hydrogen-bond acceptors (Lipinski definition) is 6. The van der Waals surface area contributed by atoms with Gasteiger partial charge in [-0.3, -0.25) is 19.1 Å². The summed E-state index contributed by atoms with van der Waals surface area (Å²) in [7, 11) is 0. The van der Waals surface area contributed by atoms with E-state index in [2.05, 4.69) is 9.97 Å². The second-order valence-corrected chi connectivity index (χ2v) is 8.10. The van der Waals surface area contributed by atoms with Crippen LogP contribution < -0.4 is 16.0 Å². The highest BCUT2D eigenvalue weighted by Crippen LogP contribution is 2.22. The van der Waals surface area contributed by atoms with E-state index < -0.39 is 17.2 Å². The number of aryl methyl sites for hydroxylation is 4. The normalized spacial score (nSPS) is 11.2. The molecule has 2 aromatic heterocycles. The number of aromatic amines is 1. The molecule has 33 heavy (non-hydrogen) atoms. The molecule has 1 aromatic carbocycles. The summed E-state index contributed by atoms with van der Waals surface area (Å²) in [6, 6.07) is 5.88. The van der Waals surface area contributed by atoms with Gasteiger partial charge >= 0.3 is 11.7 Å². The summed E-state index contributed by atoms with van der Waals surface area (Å²) in [5.41, 5.74) is 1.72. The van der Waals surface area contributed by atoms with Crippen molar-refractivity contribution in [1.82, 2.24) is 19.1 Å². The Morgan fingerprint density at radius 2 is 1.79 bits per heavy atom. The minimum Gasteiger partial charge on any atom is -0.492 e. The monoisotopic (exact) mass is 456 g/mol. The van der Waals surface area contributed by atoms with Crippen molar-refractivity contribution in [3.8, 4) is 5.75 Å². The van der Waals surface area contributed by atoms with Crippen LogP contribution in [0.4, 0.5) is 0 Å². The molecule has 0 fully saturated rings. The second kappa shape index (κ2) is 11.0. The van der Waals surface area contributed by atoms with Gasteiger partial charge in [0.25, 0.3) is 5.56 Å². The Hall–Kier alpha value is -3.36. The van der Waals surface area contributed by atoms with E-state index in [1.54, 1.807) is 4.57 Å². The van der Waals surface area contributed by atoms with Crippen molar-refractivity contribution in [2.45, 2.75) is 73.1 Å². The third-order valence-electron chi connectivity index (χ3n) is 5.47. The number of esters is 1. The molecule has 0 radical (unpaired) electrons. The summed E-state index contributed by atoms with van der Waals surface area (Å²) in [5, 5.41) is 0. The first-order valence-electron chi connectivity index (χ1n) is 11.4. The summed E-state index contributed by atoms with van der Waals surface area (Å²) < 4.78 is 14.4. The molecule has 0 saturated heterocycles. The summed E-state index contributed by atoms with van der Waals surface area (Å²) in [4.78, 5) is 44.1. The van der Waals surface area contributed by atoms with Gasteiger partial charge < -0.3 is 14.0 Å². The maximum absolute atomic E-state index is 12.5. The summed E-state index contributed by atoms with van der Waals surface area (Å²) in [5.74, 6) is 0.796. The molecule has 0 saturated carbocycles. The van der Waals surface area contributed by atoms with Gasteiger partial charge in [-0.05, 0) is 37.8 Å². The molecule has 1 N–H and O–H groups in total. The van der Waals surface area contributed by atoms with Gasteiger partial charge in [-0.1, -0.05) is 38.5 Å². The second-order valence-electron chi connectivity index (χ2n) is 8.10. The van der Waals surface area contributed by atoms with E-state index in [1.165, 1.54) is 4.57 Å². The van der Waals surface area contributed by atoms with E-state index in [4.69, 9.17) is 9.47 Å². The van der Waals surface area contributed by atoms with Gasteiger partial charge in [0.05, 0.1) is 13.0 Å². The number of fused-ring (bicyclic) bond motifs is 1. The number of para-hydroxylation sites is 1. The lowest BCUT2D eigenvalue weighted by molar-refractivity contribution is -0.145. The van der Waals surface area contributed by atoms with Gasteiger partial charge in [0.2, 0.25) is 0 Å². The van der Waals surface area contributed by atoms with Crippen LogP contribution in [0, 0.1) is 13.8 Å². The number of hydrogen-bond donors (Lipinski definition) is 1. The van der Waals surface area contributed by atoms with Crippen LogP contribution in [-0.4, -0.2) is 31.7 Å². The van der Waals surface area contributed by atoms with Crippen LogP contribution in [0.5, 0.6) is 5.75 Å². The van der Waals surface area contributed by atoms with Crippen LogP contribution in [-0.2, 0) is 29.2 Å². The Bertz CT molecular complexity index is 1220. The van der Waals surface area contributed by atoms with E-state index in [9.17, 15) is 14.4 Å². The lowest BCUT2D eigenvalue weighted by atomic mass is 10.1. The van der Waals surface area contributed by atoms with E-state index >= 15 is 0 Å². The first-order valence-corrected chi connectivity index (χ1v) is 11.4. The maximum Gasteiger partial charge on any atom is 0.330 e. The number of rotatable bonds is 11. The highest BCUT2D eigenvalue weighted by Gasteiger charge is 2.19. The predicted octanol–water partition coefficient (Wildman–Crippen LogP) is 3.23. The number of ether oxygens (including phenoxy) is 2. The van der Waals surface area contributed by atoms with Crippen LogP contribution in [0.1, 0.15) is 56.5 Å². The summed E-state index contributed by atoms with van der Waals surface area (Å²) >= 11 is 0. The molecule has 178 valence electrons. The van der Waals surface area contributed by atoms with E-state index in [0.29, 0.717) is 30.1 Å². The molecule has 3 rings (SSSR count). The molecule has 9 nitrogen and oxygen atoms in total. The van der Waals surface area contributed by atoms with Crippen molar-refractivity contribution in [3.05, 3.63) is 56.0 Å². The first kappa shape index (κ1) is 24.3. The van der Waals surface area contributed by atoms with E-state index in [0.717, 1.165) is 36.1 Å². The molecule has 0 aliphatic rings. The smallest absolute Gasteiger partial charge is 0.330 e. The van der Waals surface area contributed by atoms with E-state index in [-0.39, 0.29) is 19.6 Å². The van der Waals surface area contributed by atoms with Crippen LogP contribution in [0.2, 0.25) is 0 Å². The van der Waals surface area contributed by atoms with Crippen LogP contribution >= 0.6 is 0 Å². The molecular weight excluding hydrogens is 424 g/mol. The number of carbonyl (C=O) groups excluding carboxylic acids is 1. The van der Waals surface area contributed by atoms with Gasteiger partial charge in [0.15, 0.2) is 11.2 Å². The molecule has 0 unspecified atom stereocenters. The summed E-state index contributed by atoms with van der Waals surface area (Å²) in [6.45, 7) is 9.02. The number of imidazole rings is 1. The number of H-pyrrole nitrogens is 1. The molecular formula is C24H32N4O5. The topological polar surface area (TPSA) is 108 Å². The van der Waals surface area contributed by atoms with Crippen LogP contribution in [0.15, 0.2) is 27.8 Å². The lowest BCUT2D eigenvalue weighted by Gasteiger charge is -2.12. The zero-order chi connectivity index (χ0) is 24.0. The fraction of sp³-hybridized carbons (Fsp3) is 0.500. The van der Waals surface area contributed by atoms with Gasteiger partial charge in [-0.15, -0.1) is 0 Å². The Morgan fingerprint density at radius 3 is 2.45 bits per heavy atom. The molecule has 0 spiro atoms. The van der Waals surface area contributed by atoms with Crippen LogP contribution in [0.25, 0.3) is 11.2 Å².